The van der Waals surface area contributed by atoms with Crippen LogP contribution in [0.3, 0.4) is 0 Å². The molecule has 0 aliphatic rings. The molecule has 0 N–H and O–H groups in total. The van der Waals surface area contributed by atoms with Gasteiger partial charge in [0, 0.05) is 13.8 Å². The molecule has 0 aliphatic carbocycles. The second-order valence-corrected chi connectivity index (χ2v) is 9.10. The van der Waals surface area contributed by atoms with E-state index in [-0.39, 0.29) is 36.4 Å². The molecule has 0 amide bonds. The number of hydrogen-bond donors (Lipinski definition) is 0. The molecule has 0 saturated heterocycles. The number of esters is 2. The van der Waals surface area contributed by atoms with Crippen LogP contribution in [0.15, 0.2) is 48.5 Å². The van der Waals surface area contributed by atoms with E-state index in [0.29, 0.717) is 25.7 Å². The van der Waals surface area contributed by atoms with E-state index in [9.17, 15) is 9.59 Å². The van der Waals surface area contributed by atoms with Crippen molar-refractivity contribution in [2.24, 2.45) is 0 Å². The normalized spacial score (nSPS) is 14.2. The van der Waals surface area contributed by atoms with Gasteiger partial charge in [0.2, 0.25) is 0 Å². The summed E-state index contributed by atoms with van der Waals surface area (Å²) in [5, 5.41) is 0. The first-order valence-corrected chi connectivity index (χ1v) is 13.1. The van der Waals surface area contributed by atoms with Crippen molar-refractivity contribution in [1.29, 1.82) is 0 Å². The first kappa shape index (κ1) is 30.2. The van der Waals surface area contributed by atoms with Gasteiger partial charge in [-0.05, 0) is 73.9 Å². The van der Waals surface area contributed by atoms with E-state index >= 15 is 0 Å². The summed E-state index contributed by atoms with van der Waals surface area (Å²) < 4.78 is 28.8. The Morgan fingerprint density at radius 1 is 0.676 bits per heavy atom. The molecule has 4 unspecified atom stereocenters. The van der Waals surface area contributed by atoms with Crippen LogP contribution in [0.25, 0.3) is 0 Å². The second-order valence-electron chi connectivity index (χ2n) is 9.10. The number of benzene rings is 2. The molecular formula is C30H42O7. The molecule has 2 aromatic rings. The van der Waals surface area contributed by atoms with E-state index in [1.165, 1.54) is 13.8 Å². The van der Waals surface area contributed by atoms with E-state index in [1.807, 2.05) is 62.4 Å². The van der Waals surface area contributed by atoms with E-state index in [2.05, 4.69) is 0 Å². The lowest BCUT2D eigenvalue weighted by Crippen LogP contribution is -2.20. The van der Waals surface area contributed by atoms with Crippen LogP contribution in [0, 0.1) is 0 Å². The van der Waals surface area contributed by atoms with E-state index in [1.54, 1.807) is 14.2 Å². The number of methoxy groups -OCH3 is 2. The Labute approximate surface area is 221 Å². The molecular weight excluding hydrogens is 472 g/mol. The predicted octanol–water partition coefficient (Wildman–Crippen LogP) is 6.75. The van der Waals surface area contributed by atoms with E-state index in [0.717, 1.165) is 35.5 Å². The van der Waals surface area contributed by atoms with Gasteiger partial charge in [0.15, 0.2) is 0 Å². The van der Waals surface area contributed by atoms with Gasteiger partial charge in [0.05, 0.1) is 26.4 Å². The number of ether oxygens (including phenoxy) is 5. The van der Waals surface area contributed by atoms with Crippen LogP contribution in [-0.4, -0.2) is 38.4 Å². The molecule has 0 aromatic heterocycles. The highest BCUT2D eigenvalue weighted by molar-refractivity contribution is 5.66. The minimum absolute atomic E-state index is 0.182. The number of rotatable bonds is 16. The highest BCUT2D eigenvalue weighted by atomic mass is 16.5. The fraction of sp³-hybridized carbons (Fsp3) is 0.533. The molecule has 0 fully saturated rings. The predicted molar refractivity (Wildman–Crippen MR) is 143 cm³/mol. The van der Waals surface area contributed by atoms with Crippen molar-refractivity contribution >= 4 is 11.9 Å². The lowest BCUT2D eigenvalue weighted by atomic mass is 9.98. The molecule has 0 saturated carbocycles. The fourth-order valence-electron chi connectivity index (χ4n) is 4.35. The zero-order valence-corrected chi connectivity index (χ0v) is 23.0. The van der Waals surface area contributed by atoms with Crippen molar-refractivity contribution in [3.8, 4) is 11.5 Å². The van der Waals surface area contributed by atoms with Crippen LogP contribution in [0.2, 0.25) is 0 Å². The zero-order valence-electron chi connectivity index (χ0n) is 23.0. The molecule has 2 rings (SSSR count). The van der Waals surface area contributed by atoms with Gasteiger partial charge in [-0.15, -0.1) is 0 Å². The molecule has 0 bridgehead atoms. The Balaban J connectivity index is 2.36. The van der Waals surface area contributed by atoms with Gasteiger partial charge < -0.3 is 23.7 Å². The highest BCUT2D eigenvalue weighted by Gasteiger charge is 2.24. The molecule has 4 atom stereocenters. The maximum Gasteiger partial charge on any atom is 0.302 e. The van der Waals surface area contributed by atoms with E-state index in [4.69, 9.17) is 23.7 Å². The molecule has 204 valence electrons. The third-order valence-electron chi connectivity index (χ3n) is 6.34. The minimum Gasteiger partial charge on any atom is -0.497 e. The molecule has 0 spiro atoms. The van der Waals surface area contributed by atoms with Crippen LogP contribution in [0.1, 0.15) is 89.6 Å². The van der Waals surface area contributed by atoms with Crippen molar-refractivity contribution in [1.82, 2.24) is 0 Å². The Morgan fingerprint density at radius 3 is 1.41 bits per heavy atom. The van der Waals surface area contributed by atoms with Gasteiger partial charge in [0.25, 0.3) is 0 Å². The Bertz CT molecular complexity index is 896. The maximum atomic E-state index is 11.6. The van der Waals surface area contributed by atoms with Crippen molar-refractivity contribution in [2.75, 3.05) is 14.2 Å². The SMILES string of the molecule is CCC(CCC(OC(CCC(CC)OC(C)=O)c1cccc(OC)c1)c1cccc(OC)c1)OC(C)=O. The molecule has 0 heterocycles. The van der Waals surface area contributed by atoms with Gasteiger partial charge >= 0.3 is 11.9 Å². The fourth-order valence-corrected chi connectivity index (χ4v) is 4.35. The van der Waals surface area contributed by atoms with Crippen molar-refractivity contribution in [3.05, 3.63) is 59.7 Å². The van der Waals surface area contributed by atoms with Gasteiger partial charge in [-0.3, -0.25) is 9.59 Å². The maximum absolute atomic E-state index is 11.6. The molecule has 0 aliphatic heterocycles. The van der Waals surface area contributed by atoms with Crippen LogP contribution >= 0.6 is 0 Å². The Morgan fingerprint density at radius 2 is 1.08 bits per heavy atom. The summed E-state index contributed by atoms with van der Waals surface area (Å²) in [6.45, 7) is 6.89. The van der Waals surface area contributed by atoms with Gasteiger partial charge in [-0.2, -0.15) is 0 Å². The summed E-state index contributed by atoms with van der Waals surface area (Å²) in [6.07, 6.45) is 3.17. The number of carbonyl (C=O) groups is 2. The largest absolute Gasteiger partial charge is 0.497 e. The lowest BCUT2D eigenvalue weighted by Gasteiger charge is -2.28. The molecule has 7 heteroatoms. The summed E-state index contributed by atoms with van der Waals surface area (Å²) in [5.41, 5.74) is 1.97. The second kappa shape index (κ2) is 15.9. The van der Waals surface area contributed by atoms with Gasteiger partial charge in [-0.1, -0.05) is 38.1 Å². The standard InChI is InChI=1S/C30H42O7/c1-7-25(35-21(3)31)15-17-29(23-11-9-13-27(19-23)33-5)37-30(18-16-26(8-2)36-22(4)32)24-12-10-14-28(20-24)34-6/h9-14,19-20,25-26,29-30H,7-8,15-18H2,1-6H3. The average Bonchev–Trinajstić information content (AvgIpc) is 2.90. The number of carbonyl (C=O) groups excluding carboxylic acids is 2. The lowest BCUT2D eigenvalue weighted by molar-refractivity contribution is -0.147. The average molecular weight is 515 g/mol. The topological polar surface area (TPSA) is 80.3 Å². The summed E-state index contributed by atoms with van der Waals surface area (Å²) in [7, 11) is 3.28. The Hall–Kier alpha value is -3.06. The third kappa shape index (κ3) is 10.4. The molecule has 7 nitrogen and oxygen atoms in total. The quantitative estimate of drug-likeness (QED) is 0.229. The highest BCUT2D eigenvalue weighted by Crippen LogP contribution is 2.36. The molecule has 0 radical (unpaired) electrons. The first-order chi connectivity index (χ1) is 17.8. The zero-order chi connectivity index (χ0) is 27.2. The van der Waals surface area contributed by atoms with Crippen molar-refractivity contribution in [2.45, 2.75) is 90.6 Å². The van der Waals surface area contributed by atoms with Gasteiger partial charge in [0.1, 0.15) is 23.7 Å². The summed E-state index contributed by atoms with van der Waals surface area (Å²) >= 11 is 0. The van der Waals surface area contributed by atoms with Crippen molar-refractivity contribution in [3.63, 3.8) is 0 Å². The van der Waals surface area contributed by atoms with Crippen LogP contribution in [-0.2, 0) is 23.8 Å². The van der Waals surface area contributed by atoms with Gasteiger partial charge in [-0.25, -0.2) is 0 Å². The minimum atomic E-state index is -0.281. The Kier molecular flexibility index (Phi) is 13.0. The van der Waals surface area contributed by atoms with Crippen LogP contribution in [0.4, 0.5) is 0 Å². The van der Waals surface area contributed by atoms with Crippen molar-refractivity contribution < 1.29 is 33.3 Å². The van der Waals surface area contributed by atoms with E-state index < -0.39 is 0 Å². The smallest absolute Gasteiger partial charge is 0.302 e. The summed E-state index contributed by atoms with van der Waals surface area (Å²) in [4.78, 5) is 23.1. The summed E-state index contributed by atoms with van der Waals surface area (Å²) in [5.74, 6) is 0.931. The first-order valence-electron chi connectivity index (χ1n) is 13.1. The summed E-state index contributed by atoms with van der Waals surface area (Å²) in [6, 6.07) is 15.7. The third-order valence-corrected chi connectivity index (χ3v) is 6.34. The molecule has 2 aromatic carbocycles. The monoisotopic (exact) mass is 514 g/mol. The molecule has 37 heavy (non-hydrogen) atoms. The van der Waals surface area contributed by atoms with Crippen LogP contribution in [0.5, 0.6) is 11.5 Å². The number of hydrogen-bond acceptors (Lipinski definition) is 7. The van der Waals surface area contributed by atoms with Crippen LogP contribution < -0.4 is 9.47 Å².